The first kappa shape index (κ1) is 21.2. The van der Waals surface area contributed by atoms with Crippen molar-refractivity contribution < 1.29 is 17.9 Å². The van der Waals surface area contributed by atoms with E-state index in [2.05, 4.69) is 10.0 Å². The van der Waals surface area contributed by atoms with Gasteiger partial charge < -0.3 is 10.1 Å². The van der Waals surface area contributed by atoms with Gasteiger partial charge in [-0.05, 0) is 35.4 Å². The van der Waals surface area contributed by atoms with E-state index in [1.165, 1.54) is 18.4 Å². The maximum Gasteiger partial charge on any atom is 0.251 e. The molecule has 0 saturated heterocycles. The molecule has 0 saturated carbocycles. The highest BCUT2D eigenvalue weighted by Gasteiger charge is 2.17. The third kappa shape index (κ3) is 5.74. The molecular formula is C21H22N2O4S2. The first-order valence-electron chi connectivity index (χ1n) is 9.00. The molecule has 0 atom stereocenters. The molecule has 1 heterocycles. The molecule has 2 N–H and O–H groups in total. The summed E-state index contributed by atoms with van der Waals surface area (Å²) in [6.45, 7) is 0.994. The van der Waals surface area contributed by atoms with Crippen molar-refractivity contribution in [2.45, 2.75) is 10.8 Å². The second-order valence-electron chi connectivity index (χ2n) is 6.25. The van der Waals surface area contributed by atoms with Crippen LogP contribution in [0.1, 0.15) is 15.9 Å². The van der Waals surface area contributed by atoms with Crippen LogP contribution < -0.4 is 10.0 Å². The molecule has 0 spiro atoms. The first-order chi connectivity index (χ1) is 14.0. The van der Waals surface area contributed by atoms with Crippen LogP contribution >= 0.6 is 11.3 Å². The molecule has 29 heavy (non-hydrogen) atoms. The molecule has 8 heteroatoms. The summed E-state index contributed by atoms with van der Waals surface area (Å²) in [6.07, 6.45) is 0. The largest absolute Gasteiger partial charge is 0.383 e. The second kappa shape index (κ2) is 9.80. The monoisotopic (exact) mass is 430 g/mol. The Balaban J connectivity index is 1.64. The minimum Gasteiger partial charge on any atom is -0.383 e. The summed E-state index contributed by atoms with van der Waals surface area (Å²) in [5.74, 6) is -0.155. The lowest BCUT2D eigenvalue weighted by atomic mass is 10.1. The lowest BCUT2D eigenvalue weighted by molar-refractivity contribution is 0.0951. The van der Waals surface area contributed by atoms with Crippen molar-refractivity contribution in [2.75, 3.05) is 20.3 Å². The van der Waals surface area contributed by atoms with Crippen LogP contribution in [-0.4, -0.2) is 34.6 Å². The number of hydrogen-bond acceptors (Lipinski definition) is 5. The molecule has 0 radical (unpaired) electrons. The van der Waals surface area contributed by atoms with Gasteiger partial charge in [0.05, 0.1) is 6.61 Å². The Morgan fingerprint density at radius 1 is 1.00 bits per heavy atom. The van der Waals surface area contributed by atoms with Gasteiger partial charge >= 0.3 is 0 Å². The summed E-state index contributed by atoms with van der Waals surface area (Å²) in [5.41, 5.74) is 2.44. The molecule has 0 aliphatic carbocycles. The third-order valence-electron chi connectivity index (χ3n) is 4.17. The average molecular weight is 431 g/mol. The Morgan fingerprint density at radius 2 is 1.72 bits per heavy atom. The fourth-order valence-corrected chi connectivity index (χ4v) is 5.00. The zero-order chi connectivity index (χ0) is 20.7. The van der Waals surface area contributed by atoms with Crippen molar-refractivity contribution in [3.05, 3.63) is 77.9 Å². The van der Waals surface area contributed by atoms with Crippen LogP contribution in [0.15, 0.2) is 70.9 Å². The van der Waals surface area contributed by atoms with Crippen LogP contribution in [0.3, 0.4) is 0 Å². The van der Waals surface area contributed by atoms with E-state index in [-0.39, 0.29) is 16.7 Å². The Morgan fingerprint density at radius 3 is 2.41 bits per heavy atom. The van der Waals surface area contributed by atoms with Crippen molar-refractivity contribution in [3.8, 4) is 10.4 Å². The predicted octanol–water partition coefficient (Wildman–Crippen LogP) is 3.27. The lowest BCUT2D eigenvalue weighted by Gasteiger charge is -2.06. The van der Waals surface area contributed by atoms with Crippen molar-refractivity contribution in [3.63, 3.8) is 0 Å². The molecule has 6 nitrogen and oxygen atoms in total. The highest BCUT2D eigenvalue weighted by molar-refractivity contribution is 7.91. The summed E-state index contributed by atoms with van der Waals surface area (Å²) in [7, 11) is -2.03. The molecule has 0 aliphatic rings. The molecular weight excluding hydrogens is 408 g/mol. The summed E-state index contributed by atoms with van der Waals surface area (Å²) < 4.78 is 32.2. The number of nitrogens with one attached hydrogen (secondary N) is 2. The SMILES string of the molecule is COCCNS(=O)(=O)c1ccc(-c2ccc(C(=O)NCc3ccccc3)cc2)s1. The summed E-state index contributed by atoms with van der Waals surface area (Å²) in [5, 5.41) is 2.89. The molecule has 2 aromatic carbocycles. The van der Waals surface area contributed by atoms with Gasteiger partial charge in [0.15, 0.2) is 0 Å². The molecule has 0 bridgehead atoms. The standard InChI is InChI=1S/C21H22N2O4S2/c1-27-14-13-23-29(25,26)20-12-11-19(28-20)17-7-9-18(10-8-17)21(24)22-15-16-5-3-2-4-6-16/h2-12,23H,13-15H2,1H3,(H,22,24). The van der Waals surface area contributed by atoms with E-state index >= 15 is 0 Å². The minimum atomic E-state index is -3.55. The number of ether oxygens (including phenoxy) is 1. The second-order valence-corrected chi connectivity index (χ2v) is 9.33. The van der Waals surface area contributed by atoms with E-state index in [4.69, 9.17) is 4.74 Å². The molecule has 0 fully saturated rings. The van der Waals surface area contributed by atoms with E-state index in [9.17, 15) is 13.2 Å². The van der Waals surface area contributed by atoms with Gasteiger partial charge in [0.2, 0.25) is 10.0 Å². The zero-order valence-electron chi connectivity index (χ0n) is 15.9. The first-order valence-corrected chi connectivity index (χ1v) is 11.3. The maximum absolute atomic E-state index is 12.3. The van der Waals surface area contributed by atoms with Gasteiger partial charge in [0, 0.05) is 30.6 Å². The quantitative estimate of drug-likeness (QED) is 0.510. The van der Waals surface area contributed by atoms with Gasteiger partial charge in [-0.3, -0.25) is 4.79 Å². The van der Waals surface area contributed by atoms with E-state index in [1.807, 2.05) is 42.5 Å². The van der Waals surface area contributed by atoms with E-state index < -0.39 is 10.0 Å². The number of hydrogen-bond donors (Lipinski definition) is 2. The fourth-order valence-electron chi connectivity index (χ4n) is 2.64. The highest BCUT2D eigenvalue weighted by atomic mass is 32.2. The van der Waals surface area contributed by atoms with Gasteiger partial charge in [-0.1, -0.05) is 42.5 Å². The van der Waals surface area contributed by atoms with Gasteiger partial charge in [-0.2, -0.15) is 0 Å². The molecule has 152 valence electrons. The molecule has 3 rings (SSSR count). The van der Waals surface area contributed by atoms with E-state index in [0.717, 1.165) is 16.0 Å². The van der Waals surface area contributed by atoms with Gasteiger partial charge in [0.25, 0.3) is 5.91 Å². The normalized spacial score (nSPS) is 11.3. The topological polar surface area (TPSA) is 84.5 Å². The van der Waals surface area contributed by atoms with Crippen LogP contribution in [0.2, 0.25) is 0 Å². The molecule has 0 unspecified atom stereocenters. The number of rotatable bonds is 9. The third-order valence-corrected chi connectivity index (χ3v) is 7.26. The van der Waals surface area contributed by atoms with Crippen LogP contribution in [0, 0.1) is 0 Å². The van der Waals surface area contributed by atoms with Gasteiger partial charge in [-0.15, -0.1) is 11.3 Å². The molecule has 0 aliphatic heterocycles. The van der Waals surface area contributed by atoms with E-state index in [1.54, 1.807) is 24.3 Å². The number of sulfonamides is 1. The smallest absolute Gasteiger partial charge is 0.251 e. The Kier molecular flexibility index (Phi) is 7.16. The molecule has 1 amide bonds. The minimum absolute atomic E-state index is 0.155. The summed E-state index contributed by atoms with van der Waals surface area (Å²) in [6, 6.07) is 20.1. The lowest BCUT2D eigenvalue weighted by Crippen LogP contribution is -2.26. The zero-order valence-corrected chi connectivity index (χ0v) is 17.6. The summed E-state index contributed by atoms with van der Waals surface area (Å²) >= 11 is 1.18. The van der Waals surface area contributed by atoms with Crippen LogP contribution in [0.5, 0.6) is 0 Å². The van der Waals surface area contributed by atoms with Crippen molar-refractivity contribution in [2.24, 2.45) is 0 Å². The number of amides is 1. The number of benzene rings is 2. The number of methoxy groups -OCH3 is 1. The van der Waals surface area contributed by atoms with Crippen molar-refractivity contribution in [1.29, 1.82) is 0 Å². The van der Waals surface area contributed by atoms with Gasteiger partial charge in [-0.25, -0.2) is 13.1 Å². The maximum atomic E-state index is 12.3. The van der Waals surface area contributed by atoms with Crippen LogP contribution in [-0.2, 0) is 21.3 Å². The Hall–Kier alpha value is -2.52. The van der Waals surface area contributed by atoms with Crippen molar-refractivity contribution >= 4 is 27.3 Å². The Bertz CT molecular complexity index is 1050. The number of carbonyl (C=O) groups excluding carboxylic acids is 1. The number of thiophene rings is 1. The fraction of sp³-hybridized carbons (Fsp3) is 0.190. The van der Waals surface area contributed by atoms with Crippen molar-refractivity contribution in [1.82, 2.24) is 10.0 Å². The van der Waals surface area contributed by atoms with E-state index in [0.29, 0.717) is 18.7 Å². The molecule has 1 aromatic heterocycles. The highest BCUT2D eigenvalue weighted by Crippen LogP contribution is 2.30. The van der Waals surface area contributed by atoms with Gasteiger partial charge in [0.1, 0.15) is 4.21 Å². The van der Waals surface area contributed by atoms with Crippen LogP contribution in [0.25, 0.3) is 10.4 Å². The predicted molar refractivity (Wildman–Crippen MR) is 114 cm³/mol. The molecule has 3 aromatic rings. The average Bonchev–Trinajstić information content (AvgIpc) is 3.24. The van der Waals surface area contributed by atoms with Crippen LogP contribution in [0.4, 0.5) is 0 Å². The number of carbonyl (C=O) groups is 1. The summed E-state index contributed by atoms with van der Waals surface area (Å²) in [4.78, 5) is 13.1. The Labute approximate surface area is 174 Å².